The van der Waals surface area contributed by atoms with Crippen LogP contribution in [0.2, 0.25) is 0 Å². The van der Waals surface area contributed by atoms with Crippen molar-refractivity contribution in [3.8, 4) is 11.5 Å². The first-order valence-corrected chi connectivity index (χ1v) is 11.9. The van der Waals surface area contributed by atoms with Gasteiger partial charge in [-0.15, -0.1) is 0 Å². The molecule has 1 fully saturated rings. The summed E-state index contributed by atoms with van der Waals surface area (Å²) in [5.74, 6) is 2.33. The number of carbonyl (C=O) groups excluding carboxylic acids is 1. The van der Waals surface area contributed by atoms with Crippen LogP contribution in [0.25, 0.3) is 0 Å². The highest BCUT2D eigenvalue weighted by atomic mass is 16.5. The summed E-state index contributed by atoms with van der Waals surface area (Å²) in [4.78, 5) is 18.0. The zero-order chi connectivity index (χ0) is 23.2. The van der Waals surface area contributed by atoms with E-state index in [-0.39, 0.29) is 11.8 Å². The van der Waals surface area contributed by atoms with E-state index in [0.717, 1.165) is 82.3 Å². The number of nitrogens with zero attached hydrogens (tertiary/aromatic N) is 2. The number of unbranched alkanes of at least 4 members (excludes halogenated alkanes) is 1. The predicted octanol–water partition coefficient (Wildman–Crippen LogP) is 2.17. The van der Waals surface area contributed by atoms with E-state index >= 15 is 0 Å². The van der Waals surface area contributed by atoms with E-state index in [9.17, 15) is 4.79 Å². The highest BCUT2D eigenvalue weighted by Crippen LogP contribution is 2.28. The molecule has 180 valence electrons. The second kappa shape index (κ2) is 14.6. The number of aliphatic imine (C=N–C) groups is 1. The van der Waals surface area contributed by atoms with E-state index in [1.165, 1.54) is 5.56 Å². The van der Waals surface area contributed by atoms with Gasteiger partial charge in [0.05, 0.1) is 13.2 Å². The third-order valence-electron chi connectivity index (χ3n) is 5.72. The second-order valence-corrected chi connectivity index (χ2v) is 8.05. The second-order valence-electron chi connectivity index (χ2n) is 8.05. The normalized spacial score (nSPS) is 15.4. The van der Waals surface area contributed by atoms with Crippen LogP contribution in [0.3, 0.4) is 0 Å². The molecule has 0 bridgehead atoms. The Morgan fingerprint density at radius 2 is 1.78 bits per heavy atom. The van der Waals surface area contributed by atoms with Crippen LogP contribution in [0, 0.1) is 5.92 Å². The van der Waals surface area contributed by atoms with Gasteiger partial charge in [-0.2, -0.15) is 0 Å². The zero-order valence-electron chi connectivity index (χ0n) is 20.0. The van der Waals surface area contributed by atoms with Crippen molar-refractivity contribution in [1.82, 2.24) is 15.5 Å². The van der Waals surface area contributed by atoms with Crippen molar-refractivity contribution in [2.45, 2.75) is 46.0 Å². The van der Waals surface area contributed by atoms with Crippen LogP contribution in [-0.2, 0) is 11.2 Å². The van der Waals surface area contributed by atoms with E-state index < -0.39 is 0 Å². The third-order valence-corrected chi connectivity index (χ3v) is 5.72. The zero-order valence-corrected chi connectivity index (χ0v) is 20.0. The number of piperidine rings is 1. The first-order valence-electron chi connectivity index (χ1n) is 11.9. The molecule has 1 aliphatic rings. The number of primary amides is 1. The average molecular weight is 448 g/mol. The minimum absolute atomic E-state index is 0.0654. The van der Waals surface area contributed by atoms with Gasteiger partial charge in [0.25, 0.3) is 0 Å². The van der Waals surface area contributed by atoms with Gasteiger partial charge in [0.2, 0.25) is 5.91 Å². The van der Waals surface area contributed by atoms with Gasteiger partial charge in [-0.3, -0.25) is 9.79 Å². The summed E-state index contributed by atoms with van der Waals surface area (Å²) in [7, 11) is 1.79. The number of nitrogens with two attached hydrogens (primary N) is 1. The van der Waals surface area contributed by atoms with Gasteiger partial charge in [0, 0.05) is 26.1 Å². The summed E-state index contributed by atoms with van der Waals surface area (Å²) >= 11 is 0. The first-order chi connectivity index (χ1) is 15.6. The SMILES string of the molecule is CCOc1ccc(CCNC(=NC)NCCCCN2CCC(C(N)=O)CC2)cc1OCC. The van der Waals surface area contributed by atoms with Crippen LogP contribution < -0.4 is 25.8 Å². The Labute approximate surface area is 192 Å². The number of nitrogens with one attached hydrogen (secondary N) is 2. The van der Waals surface area contributed by atoms with Gasteiger partial charge in [0.15, 0.2) is 17.5 Å². The highest BCUT2D eigenvalue weighted by molar-refractivity contribution is 5.79. The number of rotatable bonds is 13. The molecule has 1 amide bonds. The van der Waals surface area contributed by atoms with Crippen LogP contribution in [0.1, 0.15) is 45.1 Å². The summed E-state index contributed by atoms with van der Waals surface area (Å²) in [6.07, 6.45) is 4.86. The van der Waals surface area contributed by atoms with Gasteiger partial charge in [-0.25, -0.2) is 0 Å². The number of amides is 1. The number of ether oxygens (including phenoxy) is 2. The summed E-state index contributed by atoms with van der Waals surface area (Å²) in [5.41, 5.74) is 6.60. The molecule has 0 atom stereocenters. The van der Waals surface area contributed by atoms with Crippen molar-refractivity contribution in [2.24, 2.45) is 16.6 Å². The van der Waals surface area contributed by atoms with E-state index in [1.807, 2.05) is 19.9 Å². The maximum Gasteiger partial charge on any atom is 0.220 e. The van der Waals surface area contributed by atoms with Crippen LogP contribution >= 0.6 is 0 Å². The standard InChI is InChI=1S/C24H41N5O3/c1-4-31-21-9-8-19(18-22(21)32-5-2)10-14-28-24(26-3)27-13-6-7-15-29-16-11-20(12-17-29)23(25)30/h8-9,18,20H,4-7,10-17H2,1-3H3,(H2,25,30)(H2,26,27,28). The summed E-state index contributed by atoms with van der Waals surface area (Å²) in [5, 5.41) is 6.76. The maximum atomic E-state index is 11.3. The molecule has 4 N–H and O–H groups in total. The maximum absolute atomic E-state index is 11.3. The van der Waals surface area contributed by atoms with Gasteiger partial charge < -0.3 is 30.7 Å². The molecule has 0 aromatic heterocycles. The molecule has 0 unspecified atom stereocenters. The molecule has 1 aliphatic heterocycles. The molecule has 0 spiro atoms. The van der Waals surface area contributed by atoms with E-state index in [0.29, 0.717) is 13.2 Å². The largest absolute Gasteiger partial charge is 0.490 e. The van der Waals surface area contributed by atoms with E-state index in [4.69, 9.17) is 15.2 Å². The molecule has 0 aliphatic carbocycles. The topological polar surface area (TPSA) is 101 Å². The van der Waals surface area contributed by atoms with E-state index in [2.05, 4.69) is 32.7 Å². The molecule has 1 aromatic carbocycles. The number of hydrogen-bond donors (Lipinski definition) is 3. The Kier molecular flexibility index (Phi) is 11.7. The van der Waals surface area contributed by atoms with Crippen molar-refractivity contribution in [2.75, 3.05) is 53.0 Å². The Morgan fingerprint density at radius 1 is 1.09 bits per heavy atom. The molecule has 0 saturated carbocycles. The lowest BCUT2D eigenvalue weighted by atomic mass is 9.96. The van der Waals surface area contributed by atoms with Crippen molar-refractivity contribution in [3.63, 3.8) is 0 Å². The number of hydrogen-bond acceptors (Lipinski definition) is 5. The van der Waals surface area contributed by atoms with Crippen molar-refractivity contribution < 1.29 is 14.3 Å². The van der Waals surface area contributed by atoms with Crippen molar-refractivity contribution in [3.05, 3.63) is 23.8 Å². The molecular weight excluding hydrogens is 406 g/mol. The fraction of sp³-hybridized carbons (Fsp3) is 0.667. The molecule has 8 heteroatoms. The van der Waals surface area contributed by atoms with E-state index in [1.54, 1.807) is 7.05 Å². The fourth-order valence-electron chi connectivity index (χ4n) is 3.91. The number of benzene rings is 1. The van der Waals surface area contributed by atoms with Crippen LogP contribution in [0.15, 0.2) is 23.2 Å². The number of likely N-dealkylation sites (tertiary alicyclic amines) is 1. The van der Waals surface area contributed by atoms with Crippen LogP contribution in [-0.4, -0.2) is 69.8 Å². The molecule has 1 heterocycles. The van der Waals surface area contributed by atoms with Gasteiger partial charge in [0.1, 0.15) is 0 Å². The van der Waals surface area contributed by atoms with Gasteiger partial charge in [-0.1, -0.05) is 6.07 Å². The summed E-state index contributed by atoms with van der Waals surface area (Å²) in [6, 6.07) is 6.11. The quantitative estimate of drug-likeness (QED) is 0.243. The first kappa shape index (κ1) is 25.8. The summed E-state index contributed by atoms with van der Waals surface area (Å²) in [6.45, 7) is 9.87. The fourth-order valence-corrected chi connectivity index (χ4v) is 3.91. The van der Waals surface area contributed by atoms with Crippen LogP contribution in [0.5, 0.6) is 11.5 Å². The Balaban J connectivity index is 1.62. The molecule has 0 radical (unpaired) electrons. The van der Waals surface area contributed by atoms with Gasteiger partial charge in [-0.05, 0) is 83.3 Å². The summed E-state index contributed by atoms with van der Waals surface area (Å²) < 4.78 is 11.3. The average Bonchev–Trinajstić information content (AvgIpc) is 2.80. The lowest BCUT2D eigenvalue weighted by molar-refractivity contribution is -0.123. The Bertz CT molecular complexity index is 718. The minimum Gasteiger partial charge on any atom is -0.490 e. The molecule has 8 nitrogen and oxygen atoms in total. The van der Waals surface area contributed by atoms with Crippen LogP contribution in [0.4, 0.5) is 0 Å². The lowest BCUT2D eigenvalue weighted by Gasteiger charge is -2.30. The molecule has 32 heavy (non-hydrogen) atoms. The molecule has 1 saturated heterocycles. The van der Waals surface area contributed by atoms with Crippen molar-refractivity contribution in [1.29, 1.82) is 0 Å². The van der Waals surface area contributed by atoms with Crippen molar-refractivity contribution >= 4 is 11.9 Å². The molecular formula is C24H41N5O3. The smallest absolute Gasteiger partial charge is 0.220 e. The Morgan fingerprint density at radius 3 is 2.44 bits per heavy atom. The van der Waals surface area contributed by atoms with Gasteiger partial charge >= 0.3 is 0 Å². The minimum atomic E-state index is -0.148. The number of guanidine groups is 1. The number of carbonyl (C=O) groups is 1. The highest BCUT2D eigenvalue weighted by Gasteiger charge is 2.22. The Hall–Kier alpha value is -2.48. The molecule has 2 rings (SSSR count). The lowest BCUT2D eigenvalue weighted by Crippen LogP contribution is -2.40. The molecule has 1 aromatic rings. The monoisotopic (exact) mass is 447 g/mol. The predicted molar refractivity (Wildman–Crippen MR) is 129 cm³/mol. The third kappa shape index (κ3) is 8.94.